The minimum absolute atomic E-state index is 0.577. The molecule has 19 heavy (non-hydrogen) atoms. The lowest BCUT2D eigenvalue weighted by molar-refractivity contribution is 0.618. The van der Waals surface area contributed by atoms with Crippen LogP contribution in [0.25, 0.3) is 11.5 Å². The van der Waals surface area contributed by atoms with Crippen LogP contribution in [0.1, 0.15) is 50.0 Å². The molecule has 100 valence electrons. The molecule has 0 spiro atoms. The third-order valence-electron chi connectivity index (χ3n) is 4.13. The monoisotopic (exact) mass is 257 g/mol. The van der Waals surface area contributed by atoms with Gasteiger partial charge in [-0.05, 0) is 38.0 Å². The van der Waals surface area contributed by atoms with Crippen molar-refractivity contribution in [3.63, 3.8) is 0 Å². The summed E-state index contributed by atoms with van der Waals surface area (Å²) in [5.41, 5.74) is 8.08. The molecule has 0 aromatic rings. The Bertz CT molecular complexity index is 594. The molecule has 2 fully saturated rings. The molecular weight excluding hydrogens is 238 g/mol. The minimum atomic E-state index is 0.577. The van der Waals surface area contributed by atoms with Crippen molar-refractivity contribution >= 4 is 5.95 Å². The van der Waals surface area contributed by atoms with Gasteiger partial charge in [-0.25, -0.2) is 15.0 Å². The summed E-state index contributed by atoms with van der Waals surface area (Å²) in [4.78, 5) is 14.0. The molecule has 0 atom stereocenters. The summed E-state index contributed by atoms with van der Waals surface area (Å²) >= 11 is 0. The first kappa shape index (κ1) is 11.2. The van der Waals surface area contributed by atoms with Gasteiger partial charge in [0.15, 0.2) is 5.82 Å². The quantitative estimate of drug-likeness (QED) is 0.911. The van der Waals surface area contributed by atoms with E-state index in [9.17, 15) is 0 Å². The van der Waals surface area contributed by atoms with Crippen molar-refractivity contribution in [1.29, 1.82) is 0 Å². The van der Waals surface area contributed by atoms with Gasteiger partial charge in [0.1, 0.15) is 11.5 Å². The standard InChI is InChI=1S/C14H19N5/c1-2-10-11-13(18-12(17-11)9-5-6-9)19(14(15)16-10)7-8-3-4-8/h8-9H,2-7H2,1H3,(H2,15,16). The first-order chi connectivity index (χ1) is 9.26. The second-order valence-corrected chi connectivity index (χ2v) is 5.85. The zero-order chi connectivity index (χ0) is 13.0. The van der Waals surface area contributed by atoms with Crippen molar-refractivity contribution < 1.29 is 0 Å². The fraction of sp³-hybridized carbons (Fsp3) is 0.643. The summed E-state index contributed by atoms with van der Waals surface area (Å²) in [5, 5.41) is 0. The van der Waals surface area contributed by atoms with Crippen molar-refractivity contribution in [3.8, 4) is 11.5 Å². The predicted molar refractivity (Wildman–Crippen MR) is 72.9 cm³/mol. The van der Waals surface area contributed by atoms with Gasteiger partial charge in [0.2, 0.25) is 5.95 Å². The Morgan fingerprint density at radius 1 is 1.16 bits per heavy atom. The smallest absolute Gasteiger partial charge is 0.202 e. The molecule has 2 heterocycles. The molecule has 0 saturated heterocycles. The van der Waals surface area contributed by atoms with E-state index in [1.165, 1.54) is 25.7 Å². The first-order valence-electron chi connectivity index (χ1n) is 7.28. The number of hydrogen-bond donors (Lipinski definition) is 1. The van der Waals surface area contributed by atoms with Crippen LogP contribution in [0, 0.1) is 5.92 Å². The fourth-order valence-electron chi connectivity index (χ4n) is 2.60. The molecule has 2 aliphatic carbocycles. The number of fused-ring (bicyclic) bond motifs is 1. The van der Waals surface area contributed by atoms with Crippen molar-refractivity contribution in [2.45, 2.75) is 51.5 Å². The number of anilines is 1. The topological polar surface area (TPSA) is 69.6 Å². The van der Waals surface area contributed by atoms with Gasteiger partial charge in [-0.3, -0.25) is 4.57 Å². The first-order valence-corrected chi connectivity index (χ1v) is 7.28. The lowest BCUT2D eigenvalue weighted by atomic mass is 10.2. The molecule has 2 aliphatic heterocycles. The van der Waals surface area contributed by atoms with E-state index in [-0.39, 0.29) is 0 Å². The summed E-state index contributed by atoms with van der Waals surface area (Å²) in [6.45, 7) is 3.04. The average molecular weight is 257 g/mol. The number of rotatable bonds is 4. The second-order valence-electron chi connectivity index (χ2n) is 5.85. The van der Waals surface area contributed by atoms with Gasteiger partial charge in [0.25, 0.3) is 0 Å². The van der Waals surface area contributed by atoms with Gasteiger partial charge in [-0.2, -0.15) is 0 Å². The van der Waals surface area contributed by atoms with Crippen molar-refractivity contribution in [3.05, 3.63) is 11.5 Å². The van der Waals surface area contributed by atoms with Crippen molar-refractivity contribution in [1.82, 2.24) is 19.5 Å². The summed E-state index contributed by atoms with van der Waals surface area (Å²) in [7, 11) is 0. The lowest BCUT2D eigenvalue weighted by Crippen LogP contribution is -2.15. The molecule has 5 nitrogen and oxygen atoms in total. The highest BCUT2D eigenvalue weighted by molar-refractivity contribution is 5.59. The van der Waals surface area contributed by atoms with Crippen LogP contribution in [0.2, 0.25) is 0 Å². The Morgan fingerprint density at radius 3 is 2.58 bits per heavy atom. The molecule has 2 saturated carbocycles. The largest absolute Gasteiger partial charge is 0.369 e. The molecule has 0 aromatic heterocycles. The zero-order valence-electron chi connectivity index (χ0n) is 11.3. The van der Waals surface area contributed by atoms with E-state index in [1.807, 2.05) is 0 Å². The van der Waals surface area contributed by atoms with Crippen LogP contribution >= 0.6 is 0 Å². The van der Waals surface area contributed by atoms with Gasteiger partial charge < -0.3 is 5.73 Å². The number of nitrogens with two attached hydrogens (primary N) is 1. The van der Waals surface area contributed by atoms with Crippen molar-refractivity contribution in [2.75, 3.05) is 5.73 Å². The SMILES string of the molecule is CCc1nc(N)n(CC2CC2)c2nc(C3CC3)nc1-2. The van der Waals surface area contributed by atoms with E-state index in [1.54, 1.807) is 0 Å². The molecule has 4 rings (SSSR count). The van der Waals surface area contributed by atoms with E-state index in [2.05, 4.69) is 16.5 Å². The zero-order valence-corrected chi connectivity index (χ0v) is 11.3. The van der Waals surface area contributed by atoms with Gasteiger partial charge in [0, 0.05) is 12.5 Å². The van der Waals surface area contributed by atoms with Crippen molar-refractivity contribution in [2.24, 2.45) is 5.92 Å². The highest BCUT2D eigenvalue weighted by Crippen LogP contribution is 2.41. The summed E-state index contributed by atoms with van der Waals surface area (Å²) in [6, 6.07) is 0. The molecule has 4 aliphatic rings. The van der Waals surface area contributed by atoms with Crippen LogP contribution in [0.5, 0.6) is 0 Å². The normalized spacial score (nSPS) is 19.2. The molecular formula is C14H19N5. The predicted octanol–water partition coefficient (Wildman–Crippen LogP) is 2.21. The van der Waals surface area contributed by atoms with E-state index < -0.39 is 0 Å². The van der Waals surface area contributed by atoms with Crippen LogP contribution in [0.15, 0.2) is 0 Å². The number of aromatic nitrogens is 4. The fourth-order valence-corrected chi connectivity index (χ4v) is 2.60. The molecule has 2 N–H and O–H groups in total. The van der Waals surface area contributed by atoms with Crippen LogP contribution in [-0.4, -0.2) is 19.5 Å². The van der Waals surface area contributed by atoms with Gasteiger partial charge in [-0.1, -0.05) is 6.92 Å². The second kappa shape index (κ2) is 3.92. The van der Waals surface area contributed by atoms with Gasteiger partial charge >= 0.3 is 0 Å². The number of nitrogen functional groups attached to an aromatic ring is 1. The number of aryl methyl sites for hydroxylation is 1. The van der Waals surface area contributed by atoms with Crippen LogP contribution < -0.4 is 5.73 Å². The Balaban J connectivity index is 1.86. The third kappa shape index (κ3) is 1.88. The number of nitrogens with zero attached hydrogens (tertiary/aromatic N) is 4. The Morgan fingerprint density at radius 2 is 1.95 bits per heavy atom. The molecule has 0 amide bonds. The van der Waals surface area contributed by atoms with Crippen LogP contribution in [0.3, 0.4) is 0 Å². The molecule has 5 heteroatoms. The maximum Gasteiger partial charge on any atom is 0.202 e. The van der Waals surface area contributed by atoms with E-state index in [0.29, 0.717) is 11.9 Å². The van der Waals surface area contributed by atoms with Gasteiger partial charge in [-0.15, -0.1) is 0 Å². The van der Waals surface area contributed by atoms with Crippen LogP contribution in [0.4, 0.5) is 5.95 Å². The Labute approximate surface area is 112 Å². The highest BCUT2D eigenvalue weighted by atomic mass is 15.2. The van der Waals surface area contributed by atoms with E-state index in [4.69, 9.17) is 15.7 Å². The lowest BCUT2D eigenvalue weighted by Gasteiger charge is -2.15. The number of imidazole rings is 1. The third-order valence-corrected chi connectivity index (χ3v) is 4.13. The molecule has 0 bridgehead atoms. The Kier molecular flexibility index (Phi) is 2.31. The van der Waals surface area contributed by atoms with E-state index >= 15 is 0 Å². The summed E-state index contributed by atoms with van der Waals surface area (Å²) < 4.78 is 2.07. The average Bonchev–Trinajstić information content (AvgIpc) is 3.31. The van der Waals surface area contributed by atoms with E-state index in [0.717, 1.165) is 41.9 Å². The van der Waals surface area contributed by atoms with Crippen LogP contribution in [-0.2, 0) is 13.0 Å². The highest BCUT2D eigenvalue weighted by Gasteiger charge is 2.32. The molecule has 0 unspecified atom stereocenters. The molecule has 0 aromatic carbocycles. The number of hydrogen-bond acceptors (Lipinski definition) is 4. The Hall–Kier alpha value is -1.65. The maximum atomic E-state index is 6.12. The minimum Gasteiger partial charge on any atom is -0.369 e. The summed E-state index contributed by atoms with van der Waals surface area (Å²) in [5.74, 6) is 3.89. The molecule has 0 radical (unpaired) electrons. The van der Waals surface area contributed by atoms with Gasteiger partial charge in [0.05, 0.1) is 5.69 Å². The maximum absolute atomic E-state index is 6.12. The summed E-state index contributed by atoms with van der Waals surface area (Å²) in [6.07, 6.45) is 5.90.